The van der Waals surface area contributed by atoms with E-state index in [1.54, 1.807) is 42.5 Å². The van der Waals surface area contributed by atoms with Crippen LogP contribution in [0.4, 0.5) is 62.4 Å². The van der Waals surface area contributed by atoms with Crippen LogP contribution in [0.5, 0.6) is 11.8 Å². The molecule has 0 saturated carbocycles. The Bertz CT molecular complexity index is 3610. The van der Waals surface area contributed by atoms with E-state index in [9.17, 15) is 59.0 Å². The van der Waals surface area contributed by atoms with Crippen LogP contribution in [0, 0.1) is 0 Å². The van der Waals surface area contributed by atoms with Crippen LogP contribution >= 0.6 is 34.8 Å². The van der Waals surface area contributed by atoms with Gasteiger partial charge in [-0.2, -0.15) is 39.5 Å². The highest BCUT2D eigenvalue weighted by atomic mass is 35.5. The number of carbonyl (C=O) groups excluding carboxylic acids is 3. The van der Waals surface area contributed by atoms with Crippen molar-refractivity contribution < 1.29 is 83.0 Å². The lowest BCUT2D eigenvalue weighted by Crippen LogP contribution is -2.34. The number of nitrogens with two attached hydrogens (primary N) is 1. The fourth-order valence-corrected chi connectivity index (χ4v) is 10.8. The van der Waals surface area contributed by atoms with Crippen molar-refractivity contribution in [1.29, 1.82) is 0 Å². The van der Waals surface area contributed by atoms with Gasteiger partial charge in [-0.3, -0.25) is 14.4 Å². The predicted molar refractivity (Wildman–Crippen MR) is 312 cm³/mol. The van der Waals surface area contributed by atoms with E-state index in [4.69, 9.17) is 50.0 Å². The van der Waals surface area contributed by atoms with Crippen LogP contribution < -0.4 is 29.9 Å². The molecule has 0 radical (unpaired) electrons. The SMILES string of the molecule is Nc1ncnc2c1C(=O)N(c1ccc3c(c1)CCC/C3=N/OCC(F)(F)F)CCO2.O=C(c1c(Cl)ncnc1Cl)N(CCO)c1ccc2c(c1)CCC/C2=N/OCC(F)(F)F.O=C1c2c(Cl)ncnc2OCCN1c1ccc2c(c1)CCC/C2=N/OCC(F)(F)F. The summed E-state index contributed by atoms with van der Waals surface area (Å²) in [6, 6.07) is 15.5. The maximum absolute atomic E-state index is 13.1. The highest BCUT2D eigenvalue weighted by molar-refractivity contribution is 6.39. The molecule has 3 N–H and O–H groups in total. The lowest BCUT2D eigenvalue weighted by atomic mass is 9.89. The summed E-state index contributed by atoms with van der Waals surface area (Å²) < 4.78 is 122. The lowest BCUT2D eigenvalue weighted by Gasteiger charge is -2.25. The molecule has 0 saturated heterocycles. The third-order valence-electron chi connectivity index (χ3n) is 14.1. The van der Waals surface area contributed by atoms with Crippen LogP contribution in [-0.2, 0) is 33.8 Å². The molecule has 0 fully saturated rings. The fraction of sp³-hybridized carbons (Fsp3) is 0.368. The molecule has 3 aromatic carbocycles. The second-order valence-corrected chi connectivity index (χ2v) is 21.3. The molecule has 11 rings (SSSR count). The molecule has 0 bridgehead atoms. The number of benzene rings is 3. The molecule has 6 aromatic rings. The van der Waals surface area contributed by atoms with Crippen LogP contribution in [0.1, 0.15) is 103 Å². The Kier molecular flexibility index (Phi) is 21.3. The number of anilines is 4. The number of aryl methyl sites for hydroxylation is 3. The summed E-state index contributed by atoms with van der Waals surface area (Å²) in [4.78, 5) is 80.1. The molecule has 0 spiro atoms. The molecule has 34 heteroatoms. The number of aliphatic hydroxyl groups excluding tert-OH is 1. The van der Waals surface area contributed by atoms with Gasteiger partial charge in [0.15, 0.2) is 0 Å². The molecule has 5 aliphatic rings. The number of nitrogen functional groups attached to an aromatic ring is 1. The predicted octanol–water partition coefficient (Wildman–Crippen LogP) is 10.5. The number of ether oxygens (including phenoxy) is 2. The summed E-state index contributed by atoms with van der Waals surface area (Å²) in [7, 11) is 0. The van der Waals surface area contributed by atoms with Gasteiger partial charge < -0.3 is 49.5 Å². The van der Waals surface area contributed by atoms with Gasteiger partial charge in [0.1, 0.15) is 70.2 Å². The molecule has 0 atom stereocenters. The van der Waals surface area contributed by atoms with Crippen molar-refractivity contribution in [2.45, 2.75) is 76.3 Å². The zero-order chi connectivity index (χ0) is 65.2. The van der Waals surface area contributed by atoms with Gasteiger partial charge in [-0.25, -0.2) is 29.9 Å². The van der Waals surface area contributed by atoms with Crippen LogP contribution in [0.15, 0.2) is 89.0 Å². The van der Waals surface area contributed by atoms with E-state index in [2.05, 4.69) is 59.9 Å². The van der Waals surface area contributed by atoms with Gasteiger partial charge in [-0.15, -0.1) is 0 Å². The number of oxime groups is 3. The summed E-state index contributed by atoms with van der Waals surface area (Å²) in [5, 5.41) is 20.2. The fourth-order valence-electron chi connectivity index (χ4n) is 10.2. The largest absolute Gasteiger partial charge is 0.475 e. The van der Waals surface area contributed by atoms with Gasteiger partial charge >= 0.3 is 18.5 Å². The van der Waals surface area contributed by atoms with E-state index in [1.165, 1.54) is 27.4 Å². The summed E-state index contributed by atoms with van der Waals surface area (Å²) in [6.45, 7) is -3.71. The lowest BCUT2D eigenvalue weighted by molar-refractivity contribution is -0.174. The highest BCUT2D eigenvalue weighted by Crippen LogP contribution is 2.36. The molecule has 22 nitrogen and oxygen atoms in total. The second kappa shape index (κ2) is 29.1. The Morgan fingerprint density at radius 1 is 0.571 bits per heavy atom. The standard InChI is InChI=1S/C19H17Cl2F3N4O3.C19H16ClF3N4O3.C19H18F3N5O3/c20-16-15(17(21)26-10-25-16)18(30)28(6-7-29)12-4-5-13-11(8-12)2-1-3-14(13)27-31-9-19(22,23)24;20-16-15-17(25-10-24-16)29-7-6-27(18(15)28)12-4-5-13-11(8-12)2-1-3-14(13)26-30-9-19(21,22)23;20-19(21,22)9-30-26-14-3-1-2-11-8-12(4-5-13(11)14)27-6-7-29-17-15(18(27)28)16(23)24-10-25-17/h4-5,8,10,29H,1-3,6-7,9H2;4-5,8,10H,1-3,6-7,9H2;4-5,8,10H,1-3,6-7,9H2,(H2,23,24,25)/b27-14-;2*26-14-. The first-order valence-electron chi connectivity index (χ1n) is 27.6. The molecule has 91 heavy (non-hydrogen) atoms. The van der Waals surface area contributed by atoms with Crippen LogP contribution in [0.25, 0.3) is 0 Å². The van der Waals surface area contributed by atoms with Crippen molar-refractivity contribution in [2.75, 3.05) is 79.7 Å². The molecule has 3 aromatic heterocycles. The van der Waals surface area contributed by atoms with Gasteiger partial charge in [0.05, 0.1) is 36.8 Å². The Labute approximate surface area is 525 Å². The number of carbonyl (C=O) groups is 3. The Morgan fingerprint density at radius 3 is 1.44 bits per heavy atom. The summed E-state index contributed by atoms with van der Waals surface area (Å²) >= 11 is 18.1. The number of hydrogen-bond acceptors (Lipinski definition) is 19. The van der Waals surface area contributed by atoms with E-state index in [-0.39, 0.29) is 101 Å². The maximum Gasteiger partial charge on any atom is 0.425 e. The third kappa shape index (κ3) is 16.8. The Balaban J connectivity index is 0.000000162. The average molecular weight is 1340 g/mol. The molecule has 482 valence electrons. The smallest absolute Gasteiger partial charge is 0.425 e. The quantitative estimate of drug-likeness (QED) is 0.0655. The van der Waals surface area contributed by atoms with Gasteiger partial charge in [-0.1, -0.05) is 68.5 Å². The monoisotopic (exact) mass is 1340 g/mol. The zero-order valence-electron chi connectivity index (χ0n) is 47.3. The molecular formula is C57H51Cl3F9N13O9. The first-order valence-corrected chi connectivity index (χ1v) is 28.8. The van der Waals surface area contributed by atoms with E-state index < -0.39 is 44.3 Å². The first-order chi connectivity index (χ1) is 43.4. The average Bonchev–Trinajstić information content (AvgIpc) is 1.96. The van der Waals surface area contributed by atoms with Crippen molar-refractivity contribution in [1.82, 2.24) is 29.9 Å². The van der Waals surface area contributed by atoms with Gasteiger partial charge in [0, 0.05) is 40.3 Å². The van der Waals surface area contributed by atoms with Crippen molar-refractivity contribution in [3.05, 3.63) is 139 Å². The number of halogens is 12. The number of nitrogens with zero attached hydrogens (tertiary/aromatic N) is 12. The van der Waals surface area contributed by atoms with Crippen molar-refractivity contribution in [3.8, 4) is 11.8 Å². The molecule has 0 unspecified atom stereocenters. The van der Waals surface area contributed by atoms with Crippen molar-refractivity contribution in [2.24, 2.45) is 15.5 Å². The van der Waals surface area contributed by atoms with Gasteiger partial charge in [0.25, 0.3) is 17.7 Å². The van der Waals surface area contributed by atoms with Crippen molar-refractivity contribution in [3.63, 3.8) is 0 Å². The van der Waals surface area contributed by atoms with E-state index in [0.717, 1.165) is 23.0 Å². The van der Waals surface area contributed by atoms with E-state index in [1.807, 2.05) is 12.1 Å². The molecule has 3 amide bonds. The van der Waals surface area contributed by atoms with Crippen LogP contribution in [0.2, 0.25) is 15.5 Å². The van der Waals surface area contributed by atoms with Gasteiger partial charge in [-0.05, 0) is 111 Å². The number of amides is 3. The number of rotatable bonds is 12. The molecular weight excluding hydrogens is 1290 g/mol. The summed E-state index contributed by atoms with van der Waals surface area (Å²) in [5.41, 5.74) is 13.6. The second-order valence-electron chi connectivity index (χ2n) is 20.3. The van der Waals surface area contributed by atoms with Crippen LogP contribution in [0.3, 0.4) is 0 Å². The molecule has 5 heterocycles. The van der Waals surface area contributed by atoms with Gasteiger partial charge in [0.2, 0.25) is 31.6 Å². The van der Waals surface area contributed by atoms with E-state index >= 15 is 0 Å². The minimum atomic E-state index is -4.47. The number of aliphatic hydroxyl groups is 1. The number of alkyl halides is 9. The minimum absolute atomic E-state index is 0.00564. The summed E-state index contributed by atoms with van der Waals surface area (Å²) in [6.07, 6.45) is -4.14. The summed E-state index contributed by atoms with van der Waals surface area (Å²) in [5.74, 6) is -1.04. The molecule has 2 aliphatic heterocycles. The normalized spacial score (nSPS) is 16.8. The highest BCUT2D eigenvalue weighted by Gasteiger charge is 2.35. The third-order valence-corrected chi connectivity index (χ3v) is 15.0. The zero-order valence-corrected chi connectivity index (χ0v) is 49.6. The number of hydrogen-bond donors (Lipinski definition) is 2. The maximum atomic E-state index is 13.1. The number of fused-ring (bicyclic) bond motifs is 5. The Morgan fingerprint density at radius 2 is 0.978 bits per heavy atom. The number of aromatic nitrogens is 6. The topological polar surface area (TPSA) is 268 Å². The van der Waals surface area contributed by atoms with Crippen molar-refractivity contribution >= 4 is 92.5 Å². The van der Waals surface area contributed by atoms with Crippen LogP contribution in [-0.4, -0.2) is 148 Å². The Hall–Kier alpha value is -8.68. The first kappa shape index (κ1) is 66.7. The minimum Gasteiger partial charge on any atom is -0.475 e. The van der Waals surface area contributed by atoms with E-state index in [0.29, 0.717) is 109 Å². The molecule has 3 aliphatic carbocycles.